The van der Waals surface area contributed by atoms with Gasteiger partial charge in [-0.2, -0.15) is 0 Å². The van der Waals surface area contributed by atoms with Gasteiger partial charge in [0.25, 0.3) is 0 Å². The summed E-state index contributed by atoms with van der Waals surface area (Å²) in [5, 5.41) is 11.1. The molecule has 0 radical (unpaired) electrons. The molecule has 3 rings (SSSR count). The third-order valence-electron chi connectivity index (χ3n) is 3.97. The number of carbonyl (C=O) groups excluding carboxylic acids is 2. The predicted octanol–water partition coefficient (Wildman–Crippen LogP) is 4.05. The summed E-state index contributed by atoms with van der Waals surface area (Å²) in [7, 11) is 1.30. The van der Waals surface area contributed by atoms with Gasteiger partial charge in [0.15, 0.2) is 11.5 Å². The monoisotopic (exact) mass is 377 g/mol. The van der Waals surface area contributed by atoms with Crippen LogP contribution in [-0.2, 0) is 0 Å². The summed E-state index contributed by atoms with van der Waals surface area (Å²) in [5.41, 5.74) is 0.682. The molecule has 0 fully saturated rings. The third-order valence-corrected chi connectivity index (χ3v) is 3.97. The van der Waals surface area contributed by atoms with Crippen molar-refractivity contribution in [3.05, 3.63) is 99.6 Å². The molecule has 28 heavy (non-hydrogen) atoms. The molecule has 0 aliphatic rings. The van der Waals surface area contributed by atoms with Crippen LogP contribution in [0.5, 0.6) is 11.5 Å². The van der Waals surface area contributed by atoms with E-state index in [1.54, 1.807) is 36.4 Å². The van der Waals surface area contributed by atoms with Crippen LogP contribution in [0.2, 0.25) is 0 Å². The number of esters is 1. The minimum absolute atomic E-state index is 0.0111. The SMILES string of the molecule is COc1ccc(C(=O)Oc2ccc(C(=O)c3ccccc3)cc2)cc1[N+](=O)[O-]. The number of carbonyl (C=O) groups is 2. The van der Waals surface area contributed by atoms with Gasteiger partial charge in [0.2, 0.25) is 0 Å². The minimum atomic E-state index is -0.757. The van der Waals surface area contributed by atoms with Gasteiger partial charge in [-0.15, -0.1) is 0 Å². The minimum Gasteiger partial charge on any atom is -0.490 e. The first kappa shape index (κ1) is 18.8. The van der Waals surface area contributed by atoms with Gasteiger partial charge in [-0.05, 0) is 36.4 Å². The van der Waals surface area contributed by atoms with Crippen LogP contribution < -0.4 is 9.47 Å². The lowest BCUT2D eigenvalue weighted by Crippen LogP contribution is -2.09. The molecule has 0 aromatic heterocycles. The van der Waals surface area contributed by atoms with Crippen LogP contribution in [0.25, 0.3) is 0 Å². The quantitative estimate of drug-likeness (QED) is 0.211. The van der Waals surface area contributed by atoms with E-state index in [1.165, 1.54) is 31.4 Å². The molecule has 0 amide bonds. The topological polar surface area (TPSA) is 95.7 Å². The van der Waals surface area contributed by atoms with E-state index < -0.39 is 10.9 Å². The molecule has 7 nitrogen and oxygen atoms in total. The third kappa shape index (κ3) is 4.04. The molecule has 3 aromatic rings. The van der Waals surface area contributed by atoms with E-state index in [-0.39, 0.29) is 28.5 Å². The van der Waals surface area contributed by atoms with Gasteiger partial charge in [0.1, 0.15) is 5.75 Å². The summed E-state index contributed by atoms with van der Waals surface area (Å²) < 4.78 is 10.1. The molecule has 140 valence electrons. The van der Waals surface area contributed by atoms with Crippen LogP contribution >= 0.6 is 0 Å². The molecule has 7 heteroatoms. The molecular formula is C21H15NO6. The van der Waals surface area contributed by atoms with Gasteiger partial charge in [0, 0.05) is 17.2 Å². The number of hydrogen-bond donors (Lipinski definition) is 0. The molecule has 0 atom stereocenters. The summed E-state index contributed by atoms with van der Waals surface area (Å²) in [4.78, 5) is 35.1. The Kier molecular flexibility index (Phi) is 5.45. The van der Waals surface area contributed by atoms with Crippen LogP contribution in [0.4, 0.5) is 5.69 Å². The second-order valence-corrected chi connectivity index (χ2v) is 5.75. The summed E-state index contributed by atoms with van der Waals surface area (Å²) >= 11 is 0. The van der Waals surface area contributed by atoms with Crippen LogP contribution in [0.15, 0.2) is 72.8 Å². The van der Waals surface area contributed by atoms with Crippen molar-refractivity contribution in [3.8, 4) is 11.5 Å². The number of hydrogen-bond acceptors (Lipinski definition) is 6. The second-order valence-electron chi connectivity index (χ2n) is 5.75. The van der Waals surface area contributed by atoms with E-state index in [2.05, 4.69) is 0 Å². The smallest absolute Gasteiger partial charge is 0.343 e. The fourth-order valence-electron chi connectivity index (χ4n) is 2.56. The van der Waals surface area contributed by atoms with Crippen molar-refractivity contribution in [2.24, 2.45) is 0 Å². The van der Waals surface area contributed by atoms with Crippen molar-refractivity contribution < 1.29 is 24.0 Å². The van der Waals surface area contributed by atoms with Crippen LogP contribution in [-0.4, -0.2) is 23.8 Å². The predicted molar refractivity (Wildman–Crippen MR) is 101 cm³/mol. The zero-order valence-corrected chi connectivity index (χ0v) is 14.8. The lowest BCUT2D eigenvalue weighted by molar-refractivity contribution is -0.385. The van der Waals surface area contributed by atoms with Crippen LogP contribution in [0.3, 0.4) is 0 Å². The summed E-state index contributed by atoms with van der Waals surface area (Å²) in [5.74, 6) is -0.643. The van der Waals surface area contributed by atoms with Crippen molar-refractivity contribution in [2.75, 3.05) is 7.11 Å². The lowest BCUT2D eigenvalue weighted by atomic mass is 10.0. The van der Waals surface area contributed by atoms with E-state index in [4.69, 9.17) is 9.47 Å². The number of nitro groups is 1. The Hall–Kier alpha value is -4.00. The first-order chi connectivity index (χ1) is 13.5. The van der Waals surface area contributed by atoms with Gasteiger partial charge in [0.05, 0.1) is 17.6 Å². The zero-order valence-electron chi connectivity index (χ0n) is 14.8. The van der Waals surface area contributed by atoms with Gasteiger partial charge >= 0.3 is 11.7 Å². The molecular weight excluding hydrogens is 362 g/mol. The highest BCUT2D eigenvalue weighted by Crippen LogP contribution is 2.28. The second kappa shape index (κ2) is 8.13. The number of nitrogens with zero attached hydrogens (tertiary/aromatic N) is 1. The van der Waals surface area contributed by atoms with E-state index in [9.17, 15) is 19.7 Å². The number of nitro benzene ring substituents is 1. The molecule has 0 aliphatic heterocycles. The molecule has 0 saturated carbocycles. The molecule has 0 N–H and O–H groups in total. The maximum Gasteiger partial charge on any atom is 0.343 e. The number of methoxy groups -OCH3 is 1. The van der Waals surface area contributed by atoms with Crippen molar-refractivity contribution >= 4 is 17.4 Å². The largest absolute Gasteiger partial charge is 0.490 e. The number of ether oxygens (including phenoxy) is 2. The first-order valence-electron chi connectivity index (χ1n) is 8.24. The summed E-state index contributed by atoms with van der Waals surface area (Å²) in [6.45, 7) is 0. The Bertz CT molecular complexity index is 1030. The number of benzene rings is 3. The highest BCUT2D eigenvalue weighted by molar-refractivity contribution is 6.09. The van der Waals surface area contributed by atoms with Crippen molar-refractivity contribution in [1.82, 2.24) is 0 Å². The van der Waals surface area contributed by atoms with Gasteiger partial charge in [-0.25, -0.2) is 4.79 Å². The van der Waals surface area contributed by atoms with E-state index in [0.717, 1.165) is 6.07 Å². The Morgan fingerprint density at radius 3 is 2.07 bits per heavy atom. The van der Waals surface area contributed by atoms with Crippen molar-refractivity contribution in [2.45, 2.75) is 0 Å². The van der Waals surface area contributed by atoms with E-state index >= 15 is 0 Å². The normalized spacial score (nSPS) is 10.2. The summed E-state index contributed by atoms with van der Waals surface area (Å²) in [6.07, 6.45) is 0. The molecule has 0 bridgehead atoms. The van der Waals surface area contributed by atoms with Crippen molar-refractivity contribution in [1.29, 1.82) is 0 Å². The Morgan fingerprint density at radius 2 is 1.46 bits per heavy atom. The van der Waals surface area contributed by atoms with Gasteiger partial charge in [-0.3, -0.25) is 14.9 Å². The molecule has 0 heterocycles. The Balaban J connectivity index is 1.75. The Morgan fingerprint density at radius 1 is 0.857 bits per heavy atom. The average Bonchev–Trinajstić information content (AvgIpc) is 2.73. The Labute approximate surface area is 160 Å². The maximum atomic E-state index is 12.4. The lowest BCUT2D eigenvalue weighted by Gasteiger charge is -2.07. The van der Waals surface area contributed by atoms with E-state index in [0.29, 0.717) is 11.1 Å². The van der Waals surface area contributed by atoms with Crippen molar-refractivity contribution in [3.63, 3.8) is 0 Å². The highest BCUT2D eigenvalue weighted by Gasteiger charge is 2.19. The zero-order chi connectivity index (χ0) is 20.1. The number of rotatable bonds is 6. The van der Waals surface area contributed by atoms with Crippen LogP contribution in [0.1, 0.15) is 26.3 Å². The van der Waals surface area contributed by atoms with E-state index in [1.807, 2.05) is 6.07 Å². The van der Waals surface area contributed by atoms with Gasteiger partial charge < -0.3 is 9.47 Å². The number of ketones is 1. The molecule has 0 spiro atoms. The van der Waals surface area contributed by atoms with Gasteiger partial charge in [-0.1, -0.05) is 30.3 Å². The average molecular weight is 377 g/mol. The standard InChI is InChI=1S/C21H15NO6/c1-27-19-12-9-16(13-18(19)22(25)26)21(24)28-17-10-7-15(8-11-17)20(23)14-5-3-2-4-6-14/h2-13H,1H3. The highest BCUT2D eigenvalue weighted by atomic mass is 16.6. The fraction of sp³-hybridized carbons (Fsp3) is 0.0476. The fourth-order valence-corrected chi connectivity index (χ4v) is 2.56. The molecule has 0 saturated heterocycles. The maximum absolute atomic E-state index is 12.4. The molecule has 0 aliphatic carbocycles. The van der Waals surface area contributed by atoms with Crippen LogP contribution in [0, 0.1) is 10.1 Å². The molecule has 3 aromatic carbocycles. The molecule has 0 unspecified atom stereocenters. The first-order valence-corrected chi connectivity index (χ1v) is 8.24. The summed E-state index contributed by atoms with van der Waals surface area (Å²) in [6, 6.07) is 18.7.